The number of aromatic nitrogens is 1. The zero-order valence-corrected chi connectivity index (χ0v) is 15.0. The van der Waals surface area contributed by atoms with Crippen LogP contribution in [0.15, 0.2) is 27.8 Å². The van der Waals surface area contributed by atoms with Crippen molar-refractivity contribution in [2.24, 2.45) is 11.8 Å². The number of nitrogens with one attached hydrogen (secondary N) is 1. The molecule has 1 heterocycles. The molecule has 2 nitrogen and oxygen atoms in total. The molecule has 2 rings (SSSR count). The molecule has 1 N–H and O–H groups in total. The summed E-state index contributed by atoms with van der Waals surface area (Å²) in [6.45, 7) is 8.14. The first-order valence-electron chi connectivity index (χ1n) is 7.61. The van der Waals surface area contributed by atoms with E-state index in [1.54, 1.807) is 0 Å². The second-order valence-corrected chi connectivity index (χ2v) is 8.13. The first-order valence-corrected chi connectivity index (χ1v) is 9.29. The van der Waals surface area contributed by atoms with Gasteiger partial charge in [-0.05, 0) is 65.7 Å². The van der Waals surface area contributed by atoms with Gasteiger partial charge in [0.1, 0.15) is 0 Å². The standard InChI is InChI=1S/C16H25BrN2S/c1-4-7-18-14-9-11(2)8-12(3)16(14)20-15-6-5-13(17)10-19-15/h5-6,10-12,14,16,18H,4,7-9H2,1-3H3. The second-order valence-electron chi connectivity index (χ2n) is 6.01. The van der Waals surface area contributed by atoms with Crippen LogP contribution < -0.4 is 5.32 Å². The Balaban J connectivity index is 2.05. The minimum Gasteiger partial charge on any atom is -0.313 e. The van der Waals surface area contributed by atoms with Gasteiger partial charge in [-0.25, -0.2) is 4.98 Å². The average Bonchev–Trinajstić information content (AvgIpc) is 2.42. The number of halogens is 1. The van der Waals surface area contributed by atoms with E-state index in [2.05, 4.69) is 59.1 Å². The molecular weight excluding hydrogens is 332 g/mol. The van der Waals surface area contributed by atoms with E-state index >= 15 is 0 Å². The smallest absolute Gasteiger partial charge is 0.0964 e. The van der Waals surface area contributed by atoms with Crippen LogP contribution in [0.25, 0.3) is 0 Å². The Kier molecular flexibility index (Phi) is 6.37. The zero-order valence-electron chi connectivity index (χ0n) is 12.6. The number of pyridine rings is 1. The van der Waals surface area contributed by atoms with Gasteiger partial charge >= 0.3 is 0 Å². The first-order chi connectivity index (χ1) is 9.60. The second kappa shape index (κ2) is 7.81. The molecule has 1 aromatic heterocycles. The molecular formula is C16H25BrN2S. The van der Waals surface area contributed by atoms with Gasteiger partial charge in [-0.1, -0.05) is 20.8 Å². The zero-order chi connectivity index (χ0) is 14.5. The summed E-state index contributed by atoms with van der Waals surface area (Å²) in [7, 11) is 0. The summed E-state index contributed by atoms with van der Waals surface area (Å²) in [5.41, 5.74) is 0. The van der Waals surface area contributed by atoms with E-state index in [9.17, 15) is 0 Å². The topological polar surface area (TPSA) is 24.9 Å². The lowest BCUT2D eigenvalue weighted by molar-refractivity contribution is 0.249. The molecule has 4 heteroatoms. The molecule has 0 radical (unpaired) electrons. The number of hydrogen-bond donors (Lipinski definition) is 1. The van der Waals surface area contributed by atoms with Crippen LogP contribution in [0, 0.1) is 11.8 Å². The minimum atomic E-state index is 0.615. The highest BCUT2D eigenvalue weighted by Crippen LogP contribution is 2.39. The molecule has 112 valence electrons. The number of thioether (sulfide) groups is 1. The van der Waals surface area contributed by atoms with E-state index in [1.807, 2.05) is 18.0 Å². The summed E-state index contributed by atoms with van der Waals surface area (Å²) in [5, 5.41) is 5.53. The van der Waals surface area contributed by atoms with E-state index in [-0.39, 0.29) is 0 Å². The van der Waals surface area contributed by atoms with Crippen molar-refractivity contribution >= 4 is 27.7 Å². The fourth-order valence-electron chi connectivity index (χ4n) is 3.13. The van der Waals surface area contributed by atoms with Gasteiger partial charge in [-0.15, -0.1) is 11.8 Å². The predicted octanol–water partition coefficient (Wildman–Crippen LogP) is 4.74. The van der Waals surface area contributed by atoms with E-state index in [4.69, 9.17) is 0 Å². The van der Waals surface area contributed by atoms with Crippen LogP contribution in [-0.4, -0.2) is 22.8 Å². The molecule has 0 saturated heterocycles. The highest BCUT2D eigenvalue weighted by atomic mass is 79.9. The largest absolute Gasteiger partial charge is 0.313 e. The first kappa shape index (κ1) is 16.3. The normalized spacial score (nSPS) is 30.4. The van der Waals surface area contributed by atoms with Gasteiger partial charge in [0.05, 0.1) is 5.03 Å². The maximum absolute atomic E-state index is 4.53. The molecule has 0 aromatic carbocycles. The van der Waals surface area contributed by atoms with Crippen LogP contribution >= 0.6 is 27.7 Å². The van der Waals surface area contributed by atoms with Crippen LogP contribution in [0.5, 0.6) is 0 Å². The van der Waals surface area contributed by atoms with Crippen LogP contribution in [0.2, 0.25) is 0 Å². The van der Waals surface area contributed by atoms with Crippen LogP contribution in [0.1, 0.15) is 40.0 Å². The number of hydrogen-bond acceptors (Lipinski definition) is 3. The third-order valence-electron chi connectivity index (χ3n) is 4.00. The summed E-state index contributed by atoms with van der Waals surface area (Å²) in [4.78, 5) is 4.53. The quantitative estimate of drug-likeness (QED) is 0.824. The Morgan fingerprint density at radius 3 is 2.80 bits per heavy atom. The number of rotatable bonds is 5. The third kappa shape index (κ3) is 4.47. The highest BCUT2D eigenvalue weighted by molar-refractivity contribution is 9.10. The summed E-state index contributed by atoms with van der Waals surface area (Å²) in [6.07, 6.45) is 5.72. The molecule has 1 saturated carbocycles. The summed E-state index contributed by atoms with van der Waals surface area (Å²) in [5.74, 6) is 1.57. The van der Waals surface area contributed by atoms with Crippen molar-refractivity contribution in [3.8, 4) is 0 Å². The van der Waals surface area contributed by atoms with Crippen LogP contribution in [0.3, 0.4) is 0 Å². The molecule has 4 atom stereocenters. The van der Waals surface area contributed by atoms with Gasteiger partial charge in [-0.3, -0.25) is 0 Å². The molecule has 0 spiro atoms. The minimum absolute atomic E-state index is 0.615. The maximum Gasteiger partial charge on any atom is 0.0964 e. The average molecular weight is 357 g/mol. The lowest BCUT2D eigenvalue weighted by Gasteiger charge is -2.39. The van der Waals surface area contributed by atoms with E-state index in [0.717, 1.165) is 27.9 Å². The molecule has 1 aliphatic rings. The monoisotopic (exact) mass is 356 g/mol. The Morgan fingerprint density at radius 2 is 2.15 bits per heavy atom. The maximum atomic E-state index is 4.53. The Labute approximate surface area is 135 Å². The lowest BCUT2D eigenvalue weighted by Crippen LogP contribution is -2.46. The molecule has 20 heavy (non-hydrogen) atoms. The predicted molar refractivity (Wildman–Crippen MR) is 91.2 cm³/mol. The van der Waals surface area contributed by atoms with Crippen molar-refractivity contribution in [2.75, 3.05) is 6.54 Å². The fourth-order valence-corrected chi connectivity index (χ4v) is 4.62. The van der Waals surface area contributed by atoms with Gasteiger partial charge in [0.15, 0.2) is 0 Å². The van der Waals surface area contributed by atoms with Crippen molar-refractivity contribution in [2.45, 2.75) is 56.4 Å². The summed E-state index contributed by atoms with van der Waals surface area (Å²) < 4.78 is 1.05. The van der Waals surface area contributed by atoms with Crippen LogP contribution in [-0.2, 0) is 0 Å². The van der Waals surface area contributed by atoms with E-state index in [1.165, 1.54) is 19.3 Å². The van der Waals surface area contributed by atoms with Gasteiger partial charge in [0.2, 0.25) is 0 Å². The Bertz CT molecular complexity index is 409. The molecule has 0 amide bonds. The molecule has 4 unspecified atom stereocenters. The molecule has 1 aromatic rings. The van der Waals surface area contributed by atoms with Crippen LogP contribution in [0.4, 0.5) is 0 Å². The summed E-state index contributed by atoms with van der Waals surface area (Å²) >= 11 is 5.40. The van der Waals surface area contributed by atoms with Gasteiger partial charge in [0.25, 0.3) is 0 Å². The van der Waals surface area contributed by atoms with E-state index < -0.39 is 0 Å². The highest BCUT2D eigenvalue weighted by Gasteiger charge is 2.34. The van der Waals surface area contributed by atoms with Gasteiger partial charge in [-0.2, -0.15) is 0 Å². The number of nitrogens with zero attached hydrogens (tertiary/aromatic N) is 1. The third-order valence-corrected chi connectivity index (χ3v) is 6.02. The molecule has 0 aliphatic heterocycles. The Hall–Kier alpha value is -0.0600. The van der Waals surface area contributed by atoms with Crippen molar-refractivity contribution < 1.29 is 0 Å². The lowest BCUT2D eigenvalue weighted by atomic mass is 9.80. The summed E-state index contributed by atoms with van der Waals surface area (Å²) in [6, 6.07) is 4.82. The van der Waals surface area contributed by atoms with Gasteiger partial charge < -0.3 is 5.32 Å². The molecule has 1 aliphatic carbocycles. The Morgan fingerprint density at radius 1 is 1.35 bits per heavy atom. The van der Waals surface area contributed by atoms with Gasteiger partial charge in [0, 0.05) is 22.0 Å². The SMILES string of the molecule is CCCNC1CC(C)CC(C)C1Sc1ccc(Br)cn1. The van der Waals surface area contributed by atoms with Crippen molar-refractivity contribution in [3.63, 3.8) is 0 Å². The molecule has 0 bridgehead atoms. The van der Waals surface area contributed by atoms with Crippen molar-refractivity contribution in [3.05, 3.63) is 22.8 Å². The van der Waals surface area contributed by atoms with Crippen molar-refractivity contribution in [1.29, 1.82) is 0 Å². The van der Waals surface area contributed by atoms with E-state index in [0.29, 0.717) is 11.3 Å². The molecule has 1 fully saturated rings. The van der Waals surface area contributed by atoms with Crippen molar-refractivity contribution in [1.82, 2.24) is 10.3 Å². The fraction of sp³-hybridized carbons (Fsp3) is 0.688.